The number of hydrogen-bond donors (Lipinski definition) is 2. The van der Waals surface area contributed by atoms with E-state index < -0.39 is 6.04 Å². The summed E-state index contributed by atoms with van der Waals surface area (Å²) < 4.78 is 5.22. The Hall–Kier alpha value is -2.14. The minimum atomic E-state index is -0.523. The molecule has 5 heteroatoms. The maximum absolute atomic E-state index is 11.9. The molecule has 0 spiro atoms. The molecular weight excluding hydrogens is 242 g/mol. The minimum Gasteiger partial charge on any atom is -0.445 e. The van der Waals surface area contributed by atoms with Crippen LogP contribution in [0, 0.1) is 5.92 Å². The van der Waals surface area contributed by atoms with Crippen molar-refractivity contribution in [2.24, 2.45) is 11.7 Å². The first-order valence-corrected chi connectivity index (χ1v) is 6.14. The third-order valence-electron chi connectivity index (χ3n) is 2.83. The number of anilines is 1. The van der Waals surface area contributed by atoms with Crippen molar-refractivity contribution in [1.29, 1.82) is 0 Å². The minimum absolute atomic E-state index is 0.0925. The van der Waals surface area contributed by atoms with Gasteiger partial charge < -0.3 is 15.5 Å². The first-order chi connectivity index (χ1) is 9.08. The van der Waals surface area contributed by atoms with Crippen LogP contribution in [0.2, 0.25) is 0 Å². The fourth-order valence-electron chi connectivity index (χ4n) is 1.62. The van der Waals surface area contributed by atoms with Crippen LogP contribution in [-0.4, -0.2) is 16.9 Å². The van der Waals surface area contributed by atoms with Gasteiger partial charge in [0.15, 0.2) is 0 Å². The zero-order valence-corrected chi connectivity index (χ0v) is 11.0. The number of nitrogens with one attached hydrogen (secondary N) is 1. The van der Waals surface area contributed by atoms with E-state index in [2.05, 4.69) is 10.3 Å². The Labute approximate surface area is 111 Å². The molecule has 0 fully saturated rings. The van der Waals surface area contributed by atoms with Crippen LogP contribution < -0.4 is 11.1 Å². The number of nitrogens with two attached hydrogens (primary N) is 1. The maximum Gasteiger partial charge on any atom is 0.241 e. The average molecular weight is 259 g/mol. The fraction of sp³-hybridized carbons (Fsp3) is 0.286. The maximum atomic E-state index is 11.9. The Morgan fingerprint density at radius 3 is 2.84 bits per heavy atom. The van der Waals surface area contributed by atoms with E-state index in [0.717, 1.165) is 5.56 Å². The van der Waals surface area contributed by atoms with Gasteiger partial charge in [0.05, 0.1) is 12.2 Å². The number of amides is 1. The molecule has 1 amide bonds. The van der Waals surface area contributed by atoms with Gasteiger partial charge in [0, 0.05) is 11.3 Å². The zero-order valence-electron chi connectivity index (χ0n) is 11.0. The zero-order chi connectivity index (χ0) is 13.8. The lowest BCUT2D eigenvalue weighted by molar-refractivity contribution is -0.118. The number of nitrogens with zero attached hydrogens (tertiary/aromatic N) is 1. The fourth-order valence-corrected chi connectivity index (χ4v) is 1.62. The molecule has 3 N–H and O–H groups in total. The molecule has 100 valence electrons. The van der Waals surface area contributed by atoms with Crippen LogP contribution in [0.25, 0.3) is 11.5 Å². The van der Waals surface area contributed by atoms with Gasteiger partial charge >= 0.3 is 0 Å². The van der Waals surface area contributed by atoms with Gasteiger partial charge in [-0.15, -0.1) is 0 Å². The lowest BCUT2D eigenvalue weighted by Gasteiger charge is -2.15. The van der Waals surface area contributed by atoms with Crippen molar-refractivity contribution >= 4 is 11.6 Å². The molecule has 1 aromatic carbocycles. The summed E-state index contributed by atoms with van der Waals surface area (Å²) in [6.45, 7) is 3.82. The molecule has 0 aliphatic rings. The molecule has 2 rings (SSSR count). The summed E-state index contributed by atoms with van der Waals surface area (Å²) in [5.41, 5.74) is 7.28. The second-order valence-corrected chi connectivity index (χ2v) is 4.68. The summed E-state index contributed by atoms with van der Waals surface area (Å²) in [6.07, 6.45) is 3.09. The molecule has 19 heavy (non-hydrogen) atoms. The summed E-state index contributed by atoms with van der Waals surface area (Å²) in [5.74, 6) is 0.415. The first-order valence-electron chi connectivity index (χ1n) is 6.14. The summed E-state index contributed by atoms with van der Waals surface area (Å²) in [5, 5.41) is 2.79. The molecular formula is C14H17N3O2. The van der Waals surface area contributed by atoms with Gasteiger partial charge in [-0.25, -0.2) is 4.98 Å². The molecule has 0 radical (unpaired) electrons. The lowest BCUT2D eigenvalue weighted by atomic mass is 10.0. The van der Waals surface area contributed by atoms with E-state index in [9.17, 15) is 4.79 Å². The lowest BCUT2D eigenvalue weighted by Crippen LogP contribution is -2.39. The summed E-state index contributed by atoms with van der Waals surface area (Å²) in [4.78, 5) is 15.9. The highest BCUT2D eigenvalue weighted by Gasteiger charge is 2.17. The predicted molar refractivity (Wildman–Crippen MR) is 73.4 cm³/mol. The van der Waals surface area contributed by atoms with E-state index in [1.54, 1.807) is 18.3 Å². The van der Waals surface area contributed by atoms with Gasteiger partial charge in [-0.2, -0.15) is 0 Å². The van der Waals surface area contributed by atoms with Crippen LogP contribution in [0.3, 0.4) is 0 Å². The Balaban J connectivity index is 2.14. The van der Waals surface area contributed by atoms with Gasteiger partial charge in [-0.3, -0.25) is 4.79 Å². The van der Waals surface area contributed by atoms with E-state index in [1.165, 1.54) is 6.26 Å². The van der Waals surface area contributed by atoms with Crippen LogP contribution in [-0.2, 0) is 4.79 Å². The van der Waals surface area contributed by atoms with E-state index in [0.29, 0.717) is 11.6 Å². The largest absolute Gasteiger partial charge is 0.445 e. The smallest absolute Gasteiger partial charge is 0.241 e. The van der Waals surface area contributed by atoms with Crippen molar-refractivity contribution in [2.75, 3.05) is 5.32 Å². The van der Waals surface area contributed by atoms with Crippen LogP contribution in [0.4, 0.5) is 5.69 Å². The summed E-state index contributed by atoms with van der Waals surface area (Å²) >= 11 is 0. The molecule has 5 nitrogen and oxygen atoms in total. The Bertz CT molecular complexity index is 550. The molecule has 0 saturated carbocycles. The van der Waals surface area contributed by atoms with E-state index in [1.807, 2.05) is 26.0 Å². The van der Waals surface area contributed by atoms with Gasteiger partial charge in [0.1, 0.15) is 6.26 Å². The number of rotatable bonds is 4. The number of hydrogen-bond acceptors (Lipinski definition) is 4. The van der Waals surface area contributed by atoms with E-state index in [4.69, 9.17) is 10.2 Å². The average Bonchev–Trinajstić information content (AvgIpc) is 2.91. The number of carbonyl (C=O) groups excluding carboxylic acids is 1. The van der Waals surface area contributed by atoms with E-state index >= 15 is 0 Å². The van der Waals surface area contributed by atoms with Crippen molar-refractivity contribution < 1.29 is 9.21 Å². The molecule has 0 unspecified atom stereocenters. The SMILES string of the molecule is CC(C)[C@H](N)C(=O)Nc1cccc(-c2ncco2)c1. The number of oxazole rings is 1. The molecule has 1 aromatic heterocycles. The standard InChI is InChI=1S/C14H17N3O2/c1-9(2)12(15)13(18)17-11-5-3-4-10(8-11)14-16-6-7-19-14/h3-9,12H,15H2,1-2H3,(H,17,18)/t12-/m0/s1. The van der Waals surface area contributed by atoms with Crippen molar-refractivity contribution in [3.63, 3.8) is 0 Å². The highest BCUT2D eigenvalue weighted by atomic mass is 16.3. The normalized spacial score (nSPS) is 12.4. The summed E-state index contributed by atoms with van der Waals surface area (Å²) in [7, 11) is 0. The van der Waals surface area contributed by atoms with E-state index in [-0.39, 0.29) is 11.8 Å². The molecule has 0 aliphatic carbocycles. The topological polar surface area (TPSA) is 81.2 Å². The van der Waals surface area contributed by atoms with Gasteiger partial charge in [-0.05, 0) is 24.1 Å². The molecule has 0 aliphatic heterocycles. The first kappa shape index (κ1) is 13.3. The second-order valence-electron chi connectivity index (χ2n) is 4.68. The molecule has 0 bridgehead atoms. The van der Waals surface area contributed by atoms with Crippen molar-refractivity contribution in [1.82, 2.24) is 4.98 Å². The van der Waals surface area contributed by atoms with Gasteiger partial charge in [0.2, 0.25) is 11.8 Å². The van der Waals surface area contributed by atoms with Gasteiger partial charge in [0.25, 0.3) is 0 Å². The quantitative estimate of drug-likeness (QED) is 0.882. The molecule has 0 saturated heterocycles. The third kappa shape index (κ3) is 3.20. The monoisotopic (exact) mass is 259 g/mol. The number of carbonyl (C=O) groups is 1. The van der Waals surface area contributed by atoms with Crippen LogP contribution in [0.1, 0.15) is 13.8 Å². The third-order valence-corrected chi connectivity index (χ3v) is 2.83. The second kappa shape index (κ2) is 5.67. The molecule has 1 atom stereocenters. The highest BCUT2D eigenvalue weighted by Crippen LogP contribution is 2.21. The molecule has 2 aromatic rings. The molecule has 1 heterocycles. The van der Waals surface area contributed by atoms with Crippen LogP contribution in [0.5, 0.6) is 0 Å². The van der Waals surface area contributed by atoms with Crippen LogP contribution >= 0.6 is 0 Å². The Morgan fingerprint density at radius 1 is 1.42 bits per heavy atom. The van der Waals surface area contributed by atoms with Crippen LogP contribution in [0.15, 0.2) is 41.1 Å². The van der Waals surface area contributed by atoms with Crippen molar-refractivity contribution in [2.45, 2.75) is 19.9 Å². The number of aromatic nitrogens is 1. The summed E-state index contributed by atoms with van der Waals surface area (Å²) in [6, 6.07) is 6.78. The van der Waals surface area contributed by atoms with Crippen molar-refractivity contribution in [3.8, 4) is 11.5 Å². The highest BCUT2D eigenvalue weighted by molar-refractivity contribution is 5.95. The number of benzene rings is 1. The van der Waals surface area contributed by atoms with Crippen molar-refractivity contribution in [3.05, 3.63) is 36.7 Å². The van der Waals surface area contributed by atoms with Gasteiger partial charge in [-0.1, -0.05) is 19.9 Å². The Morgan fingerprint density at radius 2 is 2.21 bits per heavy atom. The Kier molecular flexibility index (Phi) is 3.97. The predicted octanol–water partition coefficient (Wildman–Crippen LogP) is 2.26.